The minimum absolute atomic E-state index is 0.257. The Kier molecular flexibility index (Phi) is 5.91. The fourth-order valence-electron chi connectivity index (χ4n) is 1.21. The minimum atomic E-state index is -1.07. The Hall–Kier alpha value is -0.620. The maximum Gasteiger partial charge on any atom is 0.120 e. The molecule has 0 aliphatic carbocycles. The molecular formula is C12H18BrNO3. The zero-order valence-corrected chi connectivity index (χ0v) is 11.4. The molecule has 1 unspecified atom stereocenters. The van der Waals surface area contributed by atoms with Crippen LogP contribution >= 0.6 is 15.9 Å². The van der Waals surface area contributed by atoms with E-state index in [4.69, 9.17) is 9.84 Å². The lowest BCUT2D eigenvalue weighted by molar-refractivity contribution is 0.00244. The fraction of sp³-hybridized carbons (Fsp3) is 0.500. The molecule has 0 saturated heterocycles. The number of benzene rings is 1. The molecule has 0 amide bonds. The van der Waals surface area contributed by atoms with E-state index in [0.717, 1.165) is 10.2 Å². The van der Waals surface area contributed by atoms with Crippen molar-refractivity contribution in [3.05, 3.63) is 28.7 Å². The highest BCUT2D eigenvalue weighted by atomic mass is 79.9. The standard InChI is InChI=1S/C12H18BrNO3/c1-12(16,9-15)8-14-5-6-17-11-4-2-3-10(13)7-11/h2-4,7,14-16H,5-6,8-9H2,1H3. The van der Waals surface area contributed by atoms with Crippen molar-refractivity contribution in [1.29, 1.82) is 0 Å². The van der Waals surface area contributed by atoms with E-state index in [1.807, 2.05) is 24.3 Å². The monoisotopic (exact) mass is 303 g/mol. The molecule has 1 aromatic carbocycles. The molecule has 3 N–H and O–H groups in total. The molecule has 17 heavy (non-hydrogen) atoms. The highest BCUT2D eigenvalue weighted by molar-refractivity contribution is 9.10. The second kappa shape index (κ2) is 6.96. The van der Waals surface area contributed by atoms with E-state index >= 15 is 0 Å². The number of halogens is 1. The lowest BCUT2D eigenvalue weighted by Crippen LogP contribution is -2.42. The van der Waals surface area contributed by atoms with Crippen LogP contribution in [0.15, 0.2) is 28.7 Å². The van der Waals surface area contributed by atoms with Gasteiger partial charge < -0.3 is 20.3 Å². The third-order valence-corrected chi connectivity index (χ3v) is 2.68. The molecule has 4 nitrogen and oxygen atoms in total. The minimum Gasteiger partial charge on any atom is -0.492 e. The molecule has 1 rings (SSSR count). The summed E-state index contributed by atoms with van der Waals surface area (Å²) in [6, 6.07) is 7.62. The Balaban J connectivity index is 2.17. The van der Waals surface area contributed by atoms with Gasteiger partial charge in [0.05, 0.1) is 12.2 Å². The normalized spacial score (nSPS) is 14.4. The molecule has 0 fully saturated rings. The number of aliphatic hydroxyl groups excluding tert-OH is 1. The Morgan fingerprint density at radius 3 is 2.88 bits per heavy atom. The number of ether oxygens (including phenoxy) is 1. The maximum atomic E-state index is 9.52. The van der Waals surface area contributed by atoms with Gasteiger partial charge in [0.25, 0.3) is 0 Å². The van der Waals surface area contributed by atoms with Crippen LogP contribution in [0.3, 0.4) is 0 Å². The highest BCUT2D eigenvalue weighted by Crippen LogP contribution is 2.17. The molecule has 0 heterocycles. The first-order valence-corrected chi connectivity index (χ1v) is 6.25. The largest absolute Gasteiger partial charge is 0.492 e. The average molecular weight is 304 g/mol. The second-order valence-electron chi connectivity index (χ2n) is 4.14. The summed E-state index contributed by atoms with van der Waals surface area (Å²) in [6.07, 6.45) is 0. The Morgan fingerprint density at radius 1 is 1.47 bits per heavy atom. The summed E-state index contributed by atoms with van der Waals surface area (Å²) in [5.74, 6) is 0.801. The molecule has 5 heteroatoms. The predicted molar refractivity (Wildman–Crippen MR) is 70.2 cm³/mol. The molecule has 0 saturated carbocycles. The summed E-state index contributed by atoms with van der Waals surface area (Å²) in [7, 11) is 0. The first-order chi connectivity index (χ1) is 8.03. The maximum absolute atomic E-state index is 9.52. The summed E-state index contributed by atoms with van der Waals surface area (Å²) < 4.78 is 6.48. The van der Waals surface area contributed by atoms with Gasteiger partial charge in [-0.1, -0.05) is 22.0 Å². The quantitative estimate of drug-likeness (QED) is 0.662. The summed E-state index contributed by atoms with van der Waals surface area (Å²) >= 11 is 3.36. The van der Waals surface area contributed by atoms with Crippen molar-refractivity contribution in [3.8, 4) is 5.75 Å². The number of rotatable bonds is 7. The molecule has 96 valence electrons. The number of nitrogens with one attached hydrogen (secondary N) is 1. The van der Waals surface area contributed by atoms with Crippen molar-refractivity contribution < 1.29 is 14.9 Å². The van der Waals surface area contributed by atoms with E-state index < -0.39 is 5.60 Å². The third kappa shape index (κ3) is 6.02. The fourth-order valence-corrected chi connectivity index (χ4v) is 1.59. The van der Waals surface area contributed by atoms with Crippen molar-refractivity contribution in [2.75, 3.05) is 26.3 Å². The van der Waals surface area contributed by atoms with Crippen molar-refractivity contribution >= 4 is 15.9 Å². The van der Waals surface area contributed by atoms with E-state index in [9.17, 15) is 5.11 Å². The van der Waals surface area contributed by atoms with Crippen LogP contribution in [0.4, 0.5) is 0 Å². The second-order valence-corrected chi connectivity index (χ2v) is 5.05. The van der Waals surface area contributed by atoms with E-state index in [1.165, 1.54) is 0 Å². The van der Waals surface area contributed by atoms with Crippen LogP contribution in [0.5, 0.6) is 5.75 Å². The SMILES string of the molecule is CC(O)(CO)CNCCOc1cccc(Br)c1. The lowest BCUT2D eigenvalue weighted by Gasteiger charge is -2.20. The molecule has 1 aromatic rings. The van der Waals surface area contributed by atoms with Crippen molar-refractivity contribution in [2.24, 2.45) is 0 Å². The highest BCUT2D eigenvalue weighted by Gasteiger charge is 2.17. The Bertz CT molecular complexity index is 344. The van der Waals surface area contributed by atoms with Gasteiger partial charge in [0.1, 0.15) is 12.4 Å². The number of hydrogen-bond donors (Lipinski definition) is 3. The van der Waals surface area contributed by atoms with Gasteiger partial charge in [-0.2, -0.15) is 0 Å². The molecule has 0 aliphatic heterocycles. The molecule has 0 radical (unpaired) electrons. The van der Waals surface area contributed by atoms with Crippen LogP contribution in [0.2, 0.25) is 0 Å². The van der Waals surface area contributed by atoms with Crippen LogP contribution in [-0.2, 0) is 0 Å². The topological polar surface area (TPSA) is 61.7 Å². The third-order valence-electron chi connectivity index (χ3n) is 2.19. The molecule has 1 atom stereocenters. The molecule has 0 spiro atoms. The van der Waals surface area contributed by atoms with Gasteiger partial charge in [-0.3, -0.25) is 0 Å². The van der Waals surface area contributed by atoms with E-state index in [0.29, 0.717) is 19.7 Å². The van der Waals surface area contributed by atoms with Gasteiger partial charge in [-0.25, -0.2) is 0 Å². The van der Waals surface area contributed by atoms with Crippen LogP contribution in [0.1, 0.15) is 6.92 Å². The van der Waals surface area contributed by atoms with Gasteiger partial charge in [0.2, 0.25) is 0 Å². The molecule has 0 bridgehead atoms. The Labute approximate surface area is 110 Å². The van der Waals surface area contributed by atoms with Gasteiger partial charge in [-0.15, -0.1) is 0 Å². The summed E-state index contributed by atoms with van der Waals surface area (Å²) in [6.45, 7) is 2.79. The van der Waals surface area contributed by atoms with Crippen molar-refractivity contribution in [1.82, 2.24) is 5.32 Å². The van der Waals surface area contributed by atoms with E-state index in [1.54, 1.807) is 6.92 Å². The molecule has 0 aliphatic rings. The smallest absolute Gasteiger partial charge is 0.120 e. The number of hydrogen-bond acceptors (Lipinski definition) is 4. The summed E-state index contributed by atoms with van der Waals surface area (Å²) in [5, 5.41) is 21.4. The van der Waals surface area contributed by atoms with Crippen LogP contribution in [0.25, 0.3) is 0 Å². The first-order valence-electron chi connectivity index (χ1n) is 5.46. The number of aliphatic hydroxyl groups is 2. The van der Waals surface area contributed by atoms with Gasteiger partial charge in [0.15, 0.2) is 0 Å². The summed E-state index contributed by atoms with van der Waals surface area (Å²) in [4.78, 5) is 0. The summed E-state index contributed by atoms with van der Waals surface area (Å²) in [5.41, 5.74) is -1.07. The van der Waals surface area contributed by atoms with E-state index in [-0.39, 0.29) is 6.61 Å². The first kappa shape index (κ1) is 14.4. The van der Waals surface area contributed by atoms with Crippen LogP contribution in [-0.4, -0.2) is 42.1 Å². The lowest BCUT2D eigenvalue weighted by atomic mass is 10.1. The Morgan fingerprint density at radius 2 is 2.24 bits per heavy atom. The van der Waals surface area contributed by atoms with Crippen molar-refractivity contribution in [2.45, 2.75) is 12.5 Å². The van der Waals surface area contributed by atoms with Crippen LogP contribution < -0.4 is 10.1 Å². The zero-order chi connectivity index (χ0) is 12.7. The van der Waals surface area contributed by atoms with Gasteiger partial charge in [0, 0.05) is 17.6 Å². The predicted octanol–water partition coefficient (Wildman–Crippen LogP) is 1.16. The average Bonchev–Trinajstić information content (AvgIpc) is 2.29. The molecular weight excluding hydrogens is 286 g/mol. The zero-order valence-electron chi connectivity index (χ0n) is 9.82. The molecule has 0 aromatic heterocycles. The van der Waals surface area contributed by atoms with Crippen LogP contribution in [0, 0.1) is 0 Å². The van der Waals surface area contributed by atoms with E-state index in [2.05, 4.69) is 21.2 Å². The van der Waals surface area contributed by atoms with Crippen molar-refractivity contribution in [3.63, 3.8) is 0 Å². The van der Waals surface area contributed by atoms with Gasteiger partial charge in [-0.05, 0) is 25.1 Å². The van der Waals surface area contributed by atoms with Gasteiger partial charge >= 0.3 is 0 Å².